The largest absolute Gasteiger partial charge is 0.481 e. The Hall–Kier alpha value is -1.47. The average molecular weight is 268 g/mol. The van der Waals surface area contributed by atoms with Gasteiger partial charge in [0.1, 0.15) is 0 Å². The second-order valence-electron chi connectivity index (χ2n) is 4.87. The zero-order valence-corrected chi connectivity index (χ0v) is 11.2. The van der Waals surface area contributed by atoms with E-state index in [1.807, 2.05) is 13.2 Å². The third-order valence-corrected chi connectivity index (χ3v) is 3.24. The maximum atomic E-state index is 10.4. The summed E-state index contributed by atoms with van der Waals surface area (Å²) < 4.78 is 7.26. The van der Waals surface area contributed by atoms with E-state index in [1.165, 1.54) is 0 Å². The van der Waals surface area contributed by atoms with E-state index in [0.29, 0.717) is 6.61 Å². The lowest BCUT2D eigenvalue weighted by molar-refractivity contribution is -0.138. The Balaban J connectivity index is 1.66. The van der Waals surface area contributed by atoms with Crippen molar-refractivity contribution < 1.29 is 14.6 Å². The highest BCUT2D eigenvalue weighted by molar-refractivity contribution is 5.66. The van der Waals surface area contributed by atoms with E-state index in [9.17, 15) is 4.79 Å². The van der Waals surface area contributed by atoms with Crippen LogP contribution >= 0.6 is 0 Å². The van der Waals surface area contributed by atoms with Crippen LogP contribution in [0.25, 0.3) is 0 Å². The number of carboxylic acids is 1. The van der Waals surface area contributed by atoms with Crippen molar-refractivity contribution in [1.82, 2.24) is 19.9 Å². The fourth-order valence-electron chi connectivity index (χ4n) is 2.24. The number of nitrogens with zero attached hydrogens (tertiary/aromatic N) is 4. The highest BCUT2D eigenvalue weighted by atomic mass is 16.5. The highest BCUT2D eigenvalue weighted by Crippen LogP contribution is 2.15. The zero-order chi connectivity index (χ0) is 13.7. The quantitative estimate of drug-likeness (QED) is 0.797. The van der Waals surface area contributed by atoms with Crippen LogP contribution in [-0.2, 0) is 23.1 Å². The number of carbonyl (C=O) groups is 1. The van der Waals surface area contributed by atoms with E-state index in [0.717, 1.165) is 38.2 Å². The molecule has 0 unspecified atom stereocenters. The van der Waals surface area contributed by atoms with Gasteiger partial charge in [-0.05, 0) is 12.8 Å². The van der Waals surface area contributed by atoms with Gasteiger partial charge in [-0.15, -0.1) is 5.10 Å². The molecule has 2 heterocycles. The molecule has 1 aliphatic heterocycles. The van der Waals surface area contributed by atoms with Gasteiger partial charge < -0.3 is 9.84 Å². The fourth-order valence-corrected chi connectivity index (χ4v) is 2.24. The first-order valence-electron chi connectivity index (χ1n) is 6.54. The van der Waals surface area contributed by atoms with Crippen LogP contribution in [0.5, 0.6) is 0 Å². The van der Waals surface area contributed by atoms with Crippen LogP contribution in [0.15, 0.2) is 6.20 Å². The molecule has 1 aromatic heterocycles. The van der Waals surface area contributed by atoms with Gasteiger partial charge in [0.25, 0.3) is 0 Å². The van der Waals surface area contributed by atoms with Gasteiger partial charge in [0.15, 0.2) is 0 Å². The summed E-state index contributed by atoms with van der Waals surface area (Å²) >= 11 is 0. The molecule has 0 bridgehead atoms. The van der Waals surface area contributed by atoms with Gasteiger partial charge in [-0.2, -0.15) is 0 Å². The van der Waals surface area contributed by atoms with E-state index < -0.39 is 5.97 Å². The third-order valence-electron chi connectivity index (χ3n) is 3.24. The molecule has 7 heteroatoms. The average Bonchev–Trinajstić information content (AvgIpc) is 2.77. The van der Waals surface area contributed by atoms with Crippen LogP contribution in [0.2, 0.25) is 0 Å². The predicted molar refractivity (Wildman–Crippen MR) is 67.5 cm³/mol. The molecule has 1 saturated heterocycles. The first-order valence-corrected chi connectivity index (χ1v) is 6.54. The van der Waals surface area contributed by atoms with Crippen molar-refractivity contribution in [2.75, 3.05) is 19.7 Å². The monoisotopic (exact) mass is 268 g/mol. The van der Waals surface area contributed by atoms with Crippen LogP contribution in [0.1, 0.15) is 25.0 Å². The predicted octanol–water partition coefficient (Wildman–Crippen LogP) is 0.271. The first-order chi connectivity index (χ1) is 9.13. The van der Waals surface area contributed by atoms with Crippen LogP contribution < -0.4 is 0 Å². The topological polar surface area (TPSA) is 80.5 Å². The van der Waals surface area contributed by atoms with E-state index in [-0.39, 0.29) is 12.5 Å². The van der Waals surface area contributed by atoms with Crippen molar-refractivity contribution in [2.24, 2.45) is 7.05 Å². The smallest absolute Gasteiger partial charge is 0.305 e. The lowest BCUT2D eigenvalue weighted by Gasteiger charge is -2.31. The Morgan fingerprint density at radius 2 is 2.26 bits per heavy atom. The summed E-state index contributed by atoms with van der Waals surface area (Å²) in [7, 11) is 1.86. The Morgan fingerprint density at radius 1 is 1.53 bits per heavy atom. The lowest BCUT2D eigenvalue weighted by atomic mass is 10.1. The molecule has 0 radical (unpaired) electrons. The summed E-state index contributed by atoms with van der Waals surface area (Å²) in [5.74, 6) is -0.805. The fraction of sp³-hybridized carbons (Fsp3) is 0.750. The van der Waals surface area contributed by atoms with Gasteiger partial charge >= 0.3 is 5.97 Å². The van der Waals surface area contributed by atoms with E-state index in [1.54, 1.807) is 4.68 Å². The molecule has 0 spiro atoms. The molecule has 0 atom stereocenters. The number of likely N-dealkylation sites (tertiary alicyclic amines) is 1. The lowest BCUT2D eigenvalue weighted by Crippen LogP contribution is -2.36. The molecule has 106 valence electrons. The number of carboxylic acid groups (broad SMARTS) is 1. The molecule has 1 aromatic rings. The number of hydrogen-bond acceptors (Lipinski definition) is 5. The van der Waals surface area contributed by atoms with Gasteiger partial charge in [-0.25, -0.2) is 0 Å². The third kappa shape index (κ3) is 4.60. The minimum absolute atomic E-state index is 0.0832. The molecule has 1 N–H and O–H groups in total. The Morgan fingerprint density at radius 3 is 2.84 bits per heavy atom. The number of hydrogen-bond donors (Lipinski definition) is 1. The summed E-state index contributed by atoms with van der Waals surface area (Å²) in [6, 6.07) is 0. The maximum absolute atomic E-state index is 10.4. The van der Waals surface area contributed by atoms with Crippen molar-refractivity contribution in [1.29, 1.82) is 0 Å². The maximum Gasteiger partial charge on any atom is 0.305 e. The molecular formula is C12H20N4O3. The van der Waals surface area contributed by atoms with Crippen molar-refractivity contribution in [2.45, 2.75) is 31.9 Å². The normalized spacial score (nSPS) is 17.7. The first kappa shape index (κ1) is 14.0. The molecule has 0 saturated carbocycles. The minimum Gasteiger partial charge on any atom is -0.481 e. The van der Waals surface area contributed by atoms with Gasteiger partial charge in [0, 0.05) is 32.9 Å². The molecule has 0 aromatic carbocycles. The SMILES string of the molecule is Cn1cc(CN2CCC(OCCC(=O)O)CC2)nn1. The summed E-state index contributed by atoms with van der Waals surface area (Å²) in [6.07, 6.45) is 4.09. The standard InChI is InChI=1S/C12H20N4O3/c1-15-8-10(13-14-15)9-16-5-2-11(3-6-16)19-7-4-12(17)18/h8,11H,2-7,9H2,1H3,(H,17,18). The summed E-state index contributed by atoms with van der Waals surface area (Å²) in [5.41, 5.74) is 0.979. The van der Waals surface area contributed by atoms with E-state index in [2.05, 4.69) is 15.2 Å². The highest BCUT2D eigenvalue weighted by Gasteiger charge is 2.20. The molecule has 0 amide bonds. The second kappa shape index (κ2) is 6.63. The summed E-state index contributed by atoms with van der Waals surface area (Å²) in [5, 5.41) is 16.5. The zero-order valence-electron chi connectivity index (χ0n) is 11.2. The molecule has 19 heavy (non-hydrogen) atoms. The van der Waals surface area contributed by atoms with Gasteiger partial charge in [0.05, 0.1) is 24.8 Å². The van der Waals surface area contributed by atoms with E-state index >= 15 is 0 Å². The van der Waals surface area contributed by atoms with Crippen molar-refractivity contribution in [3.05, 3.63) is 11.9 Å². The Kier molecular flexibility index (Phi) is 4.86. The molecule has 1 aliphatic rings. The van der Waals surface area contributed by atoms with Crippen molar-refractivity contribution in [3.63, 3.8) is 0 Å². The van der Waals surface area contributed by atoms with E-state index in [4.69, 9.17) is 9.84 Å². The van der Waals surface area contributed by atoms with Gasteiger partial charge in [-0.1, -0.05) is 5.21 Å². The molecule has 1 fully saturated rings. The van der Waals surface area contributed by atoms with Crippen LogP contribution in [0.3, 0.4) is 0 Å². The number of piperidine rings is 1. The van der Waals surface area contributed by atoms with Crippen molar-refractivity contribution >= 4 is 5.97 Å². The summed E-state index contributed by atoms with van der Waals surface area (Å²) in [6.45, 7) is 3.03. The number of rotatable bonds is 6. The van der Waals surface area contributed by atoms with Crippen LogP contribution in [-0.4, -0.2) is 56.8 Å². The second-order valence-corrected chi connectivity index (χ2v) is 4.87. The summed E-state index contributed by atoms with van der Waals surface area (Å²) in [4.78, 5) is 12.7. The Labute approximate surface area is 112 Å². The number of aryl methyl sites for hydroxylation is 1. The van der Waals surface area contributed by atoms with Gasteiger partial charge in [0.2, 0.25) is 0 Å². The number of aliphatic carboxylic acids is 1. The molecule has 7 nitrogen and oxygen atoms in total. The minimum atomic E-state index is -0.805. The Bertz CT molecular complexity index is 413. The molecule has 2 rings (SSSR count). The number of aromatic nitrogens is 3. The molecule has 0 aliphatic carbocycles. The number of ether oxygens (including phenoxy) is 1. The van der Waals surface area contributed by atoms with Crippen LogP contribution in [0, 0.1) is 0 Å². The molecular weight excluding hydrogens is 248 g/mol. The van der Waals surface area contributed by atoms with Crippen molar-refractivity contribution in [3.8, 4) is 0 Å². The van der Waals surface area contributed by atoms with Crippen LogP contribution in [0.4, 0.5) is 0 Å². The van der Waals surface area contributed by atoms with Gasteiger partial charge in [-0.3, -0.25) is 14.4 Å².